The summed E-state index contributed by atoms with van der Waals surface area (Å²) >= 11 is 5.81. The third-order valence-corrected chi connectivity index (χ3v) is 3.38. The Morgan fingerprint density at radius 2 is 1.89 bits per heavy atom. The first-order chi connectivity index (χ1) is 8.99. The van der Waals surface area contributed by atoms with Crippen molar-refractivity contribution < 1.29 is 4.79 Å². The molecule has 3 N–H and O–H groups in total. The fourth-order valence-corrected chi connectivity index (χ4v) is 1.97. The van der Waals surface area contributed by atoms with Crippen LogP contribution in [-0.2, 0) is 11.3 Å². The van der Waals surface area contributed by atoms with Crippen LogP contribution in [0.4, 0.5) is 0 Å². The lowest BCUT2D eigenvalue weighted by Crippen LogP contribution is -2.29. The van der Waals surface area contributed by atoms with Crippen LogP contribution in [0, 0.1) is 5.92 Å². The molecule has 0 fully saturated rings. The van der Waals surface area contributed by atoms with Gasteiger partial charge in [0.25, 0.3) is 0 Å². The topological polar surface area (TPSA) is 55.1 Å². The number of carbonyl (C=O) groups excluding carboxylic acids is 1. The zero-order chi connectivity index (χ0) is 14.3. The highest BCUT2D eigenvalue weighted by Gasteiger charge is 2.12. The molecule has 1 rings (SSSR count). The van der Waals surface area contributed by atoms with Crippen molar-refractivity contribution in [2.45, 2.75) is 45.7 Å². The van der Waals surface area contributed by atoms with Gasteiger partial charge in [-0.15, -0.1) is 0 Å². The van der Waals surface area contributed by atoms with Crippen molar-refractivity contribution in [3.63, 3.8) is 0 Å². The van der Waals surface area contributed by atoms with Gasteiger partial charge in [-0.2, -0.15) is 0 Å². The summed E-state index contributed by atoms with van der Waals surface area (Å²) in [6.07, 6.45) is 2.84. The molecule has 0 radical (unpaired) electrons. The summed E-state index contributed by atoms with van der Waals surface area (Å²) in [7, 11) is 0. The number of rotatable bonds is 7. The summed E-state index contributed by atoms with van der Waals surface area (Å²) in [5.41, 5.74) is 6.75. The maximum Gasteiger partial charge on any atom is 0.223 e. The van der Waals surface area contributed by atoms with Gasteiger partial charge in [-0.25, -0.2) is 0 Å². The van der Waals surface area contributed by atoms with E-state index < -0.39 is 0 Å². The van der Waals surface area contributed by atoms with Gasteiger partial charge in [0.05, 0.1) is 0 Å². The molecule has 0 aliphatic heterocycles. The molecular weight excluding hydrogens is 260 g/mol. The molecule has 1 aromatic rings. The third kappa shape index (κ3) is 6.60. The summed E-state index contributed by atoms with van der Waals surface area (Å²) < 4.78 is 0. The molecule has 4 heteroatoms. The lowest BCUT2D eigenvalue weighted by Gasteiger charge is -2.13. The van der Waals surface area contributed by atoms with Gasteiger partial charge in [0.1, 0.15) is 0 Å². The minimum absolute atomic E-state index is 0.0334. The predicted molar refractivity (Wildman–Crippen MR) is 80.0 cm³/mol. The van der Waals surface area contributed by atoms with Crippen molar-refractivity contribution in [3.05, 3.63) is 34.9 Å². The Morgan fingerprint density at radius 3 is 2.47 bits per heavy atom. The number of hydrogen-bond acceptors (Lipinski definition) is 2. The van der Waals surface area contributed by atoms with E-state index >= 15 is 0 Å². The van der Waals surface area contributed by atoms with Gasteiger partial charge in [-0.3, -0.25) is 4.79 Å². The molecule has 19 heavy (non-hydrogen) atoms. The van der Waals surface area contributed by atoms with E-state index in [0.717, 1.165) is 24.8 Å². The van der Waals surface area contributed by atoms with Crippen LogP contribution in [0.25, 0.3) is 0 Å². The van der Waals surface area contributed by atoms with Crippen molar-refractivity contribution >= 4 is 17.5 Å². The Hall–Kier alpha value is -1.06. The smallest absolute Gasteiger partial charge is 0.223 e. The first-order valence-electron chi connectivity index (χ1n) is 6.76. The van der Waals surface area contributed by atoms with E-state index in [1.165, 1.54) is 0 Å². The van der Waals surface area contributed by atoms with Crippen LogP contribution in [0.3, 0.4) is 0 Å². The van der Waals surface area contributed by atoms with Gasteiger partial charge < -0.3 is 11.1 Å². The third-order valence-electron chi connectivity index (χ3n) is 3.12. The van der Waals surface area contributed by atoms with E-state index in [1.54, 1.807) is 0 Å². The largest absolute Gasteiger partial charge is 0.352 e. The lowest BCUT2D eigenvalue weighted by atomic mass is 10.0. The Bertz CT molecular complexity index is 390. The van der Waals surface area contributed by atoms with Gasteiger partial charge in [0.15, 0.2) is 0 Å². The van der Waals surface area contributed by atoms with Crippen LogP contribution in [0.15, 0.2) is 24.3 Å². The quantitative estimate of drug-likeness (QED) is 0.807. The van der Waals surface area contributed by atoms with Crippen molar-refractivity contribution in [2.24, 2.45) is 11.7 Å². The number of halogens is 1. The summed E-state index contributed by atoms with van der Waals surface area (Å²) in [6.45, 7) is 4.50. The van der Waals surface area contributed by atoms with Crippen LogP contribution in [-0.4, -0.2) is 11.9 Å². The van der Waals surface area contributed by atoms with Crippen LogP contribution in [0.5, 0.6) is 0 Å². The molecule has 0 spiro atoms. The van der Waals surface area contributed by atoms with Crippen molar-refractivity contribution in [1.82, 2.24) is 5.32 Å². The molecule has 2 atom stereocenters. The molecule has 1 aromatic carbocycles. The monoisotopic (exact) mass is 282 g/mol. The molecule has 0 saturated heterocycles. The number of nitrogens with two attached hydrogens (primary N) is 1. The first-order valence-corrected chi connectivity index (χ1v) is 7.14. The van der Waals surface area contributed by atoms with Crippen molar-refractivity contribution in [2.75, 3.05) is 0 Å². The first kappa shape index (κ1) is 16.0. The zero-order valence-corrected chi connectivity index (χ0v) is 12.4. The second kappa shape index (κ2) is 8.18. The standard InChI is InChI=1S/C15H23ClN2O/c1-11(4-3-5-12(2)17)15(19)18-10-13-6-8-14(16)9-7-13/h6-9,11-12H,3-5,10,17H2,1-2H3,(H,18,19). The average Bonchev–Trinajstić information content (AvgIpc) is 2.37. The Labute approximate surface area is 120 Å². The molecule has 2 unspecified atom stereocenters. The van der Waals surface area contributed by atoms with Gasteiger partial charge in [-0.05, 0) is 37.5 Å². The predicted octanol–water partition coefficient (Wildman–Crippen LogP) is 3.11. The molecule has 0 heterocycles. The van der Waals surface area contributed by atoms with E-state index in [0.29, 0.717) is 11.6 Å². The summed E-state index contributed by atoms with van der Waals surface area (Å²) in [5.74, 6) is 0.130. The fraction of sp³-hybridized carbons (Fsp3) is 0.533. The van der Waals surface area contributed by atoms with E-state index in [-0.39, 0.29) is 17.9 Å². The molecule has 0 aromatic heterocycles. The second-order valence-corrected chi connectivity index (χ2v) is 5.59. The maximum absolute atomic E-state index is 11.9. The summed E-state index contributed by atoms with van der Waals surface area (Å²) in [5, 5.41) is 3.65. The summed E-state index contributed by atoms with van der Waals surface area (Å²) in [4.78, 5) is 11.9. The zero-order valence-electron chi connectivity index (χ0n) is 11.7. The molecular formula is C15H23ClN2O. The molecule has 1 amide bonds. The van der Waals surface area contributed by atoms with Gasteiger partial charge in [-0.1, -0.05) is 37.1 Å². The minimum atomic E-state index is 0.0334. The molecule has 0 saturated carbocycles. The van der Waals surface area contributed by atoms with Gasteiger partial charge in [0, 0.05) is 23.5 Å². The highest BCUT2D eigenvalue weighted by molar-refractivity contribution is 6.30. The highest BCUT2D eigenvalue weighted by Crippen LogP contribution is 2.11. The van der Waals surface area contributed by atoms with E-state index in [2.05, 4.69) is 5.32 Å². The average molecular weight is 283 g/mol. The number of hydrogen-bond donors (Lipinski definition) is 2. The van der Waals surface area contributed by atoms with Gasteiger partial charge >= 0.3 is 0 Å². The number of carbonyl (C=O) groups is 1. The molecule has 0 aliphatic rings. The van der Waals surface area contributed by atoms with E-state index in [9.17, 15) is 4.79 Å². The van der Waals surface area contributed by atoms with Crippen LogP contribution >= 0.6 is 11.6 Å². The van der Waals surface area contributed by atoms with Crippen LogP contribution in [0.2, 0.25) is 5.02 Å². The van der Waals surface area contributed by atoms with Crippen LogP contribution in [0.1, 0.15) is 38.7 Å². The molecule has 0 aliphatic carbocycles. The Balaban J connectivity index is 2.28. The van der Waals surface area contributed by atoms with Crippen molar-refractivity contribution in [1.29, 1.82) is 0 Å². The Morgan fingerprint density at radius 1 is 1.26 bits per heavy atom. The van der Waals surface area contributed by atoms with Gasteiger partial charge in [0.2, 0.25) is 5.91 Å². The Kier molecular flexibility index (Phi) is 6.89. The molecule has 0 bridgehead atoms. The fourth-order valence-electron chi connectivity index (χ4n) is 1.84. The second-order valence-electron chi connectivity index (χ2n) is 5.15. The minimum Gasteiger partial charge on any atom is -0.352 e. The van der Waals surface area contributed by atoms with E-state index in [1.807, 2.05) is 38.1 Å². The highest BCUT2D eigenvalue weighted by atomic mass is 35.5. The number of amides is 1. The molecule has 3 nitrogen and oxygen atoms in total. The van der Waals surface area contributed by atoms with E-state index in [4.69, 9.17) is 17.3 Å². The lowest BCUT2D eigenvalue weighted by molar-refractivity contribution is -0.124. The number of benzene rings is 1. The maximum atomic E-state index is 11.9. The molecule has 106 valence electrons. The number of nitrogens with one attached hydrogen (secondary N) is 1. The summed E-state index contributed by atoms with van der Waals surface area (Å²) in [6, 6.07) is 7.71. The van der Waals surface area contributed by atoms with Crippen LogP contribution < -0.4 is 11.1 Å². The normalized spacial score (nSPS) is 13.9. The van der Waals surface area contributed by atoms with Crippen molar-refractivity contribution in [3.8, 4) is 0 Å². The SMILES string of the molecule is CC(N)CCCC(C)C(=O)NCc1ccc(Cl)cc1.